The minimum absolute atomic E-state index is 0.121. The Morgan fingerprint density at radius 2 is 2.00 bits per heavy atom. The van der Waals surface area contributed by atoms with Crippen molar-refractivity contribution in [2.24, 2.45) is 0 Å². The first-order chi connectivity index (χ1) is 14.7. The lowest BCUT2D eigenvalue weighted by Gasteiger charge is -2.32. The highest BCUT2D eigenvalue weighted by atomic mass is 32.1. The van der Waals surface area contributed by atoms with Gasteiger partial charge in [-0.25, -0.2) is 4.98 Å². The molecule has 2 saturated heterocycles. The summed E-state index contributed by atoms with van der Waals surface area (Å²) in [6, 6.07) is 4.03. The SMILES string of the molecule is O=C(Nc1nc2c(s1)CCCC2C(=O)N1CCCC1CN1CCCC1)c1cccs1. The molecule has 2 amide bonds. The van der Waals surface area contributed by atoms with Gasteiger partial charge in [0.2, 0.25) is 5.91 Å². The molecule has 2 aromatic heterocycles. The molecular weight excluding hydrogens is 416 g/mol. The van der Waals surface area contributed by atoms with Gasteiger partial charge >= 0.3 is 0 Å². The van der Waals surface area contributed by atoms with Gasteiger partial charge in [0.1, 0.15) is 0 Å². The Bertz CT molecular complexity index is 904. The van der Waals surface area contributed by atoms with Crippen LogP contribution in [0.1, 0.15) is 64.7 Å². The fourth-order valence-corrected chi connectivity index (χ4v) is 6.74. The molecular formula is C22H28N4O2S2. The second kappa shape index (κ2) is 8.77. The molecule has 0 bridgehead atoms. The van der Waals surface area contributed by atoms with Gasteiger partial charge in [0, 0.05) is 24.0 Å². The molecule has 160 valence electrons. The Morgan fingerprint density at radius 3 is 2.80 bits per heavy atom. The van der Waals surface area contributed by atoms with E-state index in [1.54, 1.807) is 0 Å². The number of anilines is 1. The third-order valence-electron chi connectivity index (χ3n) is 6.55. The second-order valence-electron chi connectivity index (χ2n) is 8.54. The van der Waals surface area contributed by atoms with E-state index in [1.807, 2.05) is 17.5 Å². The fraction of sp³-hybridized carbons (Fsp3) is 0.591. The zero-order chi connectivity index (χ0) is 20.5. The number of rotatable bonds is 5. The number of hydrogen-bond donors (Lipinski definition) is 1. The molecule has 0 spiro atoms. The summed E-state index contributed by atoms with van der Waals surface area (Å²) < 4.78 is 0. The second-order valence-corrected chi connectivity index (χ2v) is 10.6. The summed E-state index contributed by atoms with van der Waals surface area (Å²) in [7, 11) is 0. The Hall–Kier alpha value is -1.77. The van der Waals surface area contributed by atoms with Crippen LogP contribution in [0.4, 0.5) is 5.13 Å². The highest BCUT2D eigenvalue weighted by molar-refractivity contribution is 7.16. The molecule has 4 heterocycles. The maximum Gasteiger partial charge on any atom is 0.267 e. The minimum atomic E-state index is -0.156. The Kier molecular flexibility index (Phi) is 5.89. The molecule has 2 unspecified atom stereocenters. The number of hydrogen-bond acceptors (Lipinski definition) is 6. The van der Waals surface area contributed by atoms with Gasteiger partial charge < -0.3 is 9.80 Å². The van der Waals surface area contributed by atoms with Gasteiger partial charge in [-0.15, -0.1) is 22.7 Å². The molecule has 0 saturated carbocycles. The summed E-state index contributed by atoms with van der Waals surface area (Å²) in [6.07, 6.45) is 7.60. The molecule has 2 aliphatic heterocycles. The van der Waals surface area contributed by atoms with Gasteiger partial charge in [-0.1, -0.05) is 6.07 Å². The lowest BCUT2D eigenvalue weighted by molar-refractivity contribution is -0.134. The molecule has 6 nitrogen and oxygen atoms in total. The van der Waals surface area contributed by atoms with E-state index in [9.17, 15) is 9.59 Å². The van der Waals surface area contributed by atoms with E-state index in [0.717, 1.165) is 55.8 Å². The lowest BCUT2D eigenvalue weighted by Crippen LogP contribution is -2.45. The van der Waals surface area contributed by atoms with E-state index < -0.39 is 0 Å². The van der Waals surface area contributed by atoms with Crippen LogP contribution in [0.25, 0.3) is 0 Å². The van der Waals surface area contributed by atoms with Crippen molar-refractivity contribution in [1.82, 2.24) is 14.8 Å². The van der Waals surface area contributed by atoms with E-state index in [-0.39, 0.29) is 17.7 Å². The molecule has 5 rings (SSSR count). The van der Waals surface area contributed by atoms with Crippen LogP contribution < -0.4 is 5.32 Å². The molecule has 3 aliphatic rings. The van der Waals surface area contributed by atoms with Crippen LogP contribution >= 0.6 is 22.7 Å². The van der Waals surface area contributed by atoms with E-state index in [2.05, 4.69) is 15.1 Å². The van der Waals surface area contributed by atoms with Crippen molar-refractivity contribution in [2.45, 2.75) is 56.9 Å². The first-order valence-corrected chi connectivity index (χ1v) is 12.8. The number of nitrogens with one attached hydrogen (secondary N) is 1. The summed E-state index contributed by atoms with van der Waals surface area (Å²) in [5, 5.41) is 5.45. The number of carbonyl (C=O) groups is 2. The molecule has 2 atom stereocenters. The first kappa shape index (κ1) is 20.2. The third-order valence-corrected chi connectivity index (χ3v) is 8.46. The summed E-state index contributed by atoms with van der Waals surface area (Å²) in [4.78, 5) is 37.2. The van der Waals surface area contributed by atoms with Crippen molar-refractivity contribution in [3.63, 3.8) is 0 Å². The van der Waals surface area contributed by atoms with Gasteiger partial charge in [-0.05, 0) is 69.5 Å². The van der Waals surface area contributed by atoms with Crippen LogP contribution in [0.2, 0.25) is 0 Å². The van der Waals surface area contributed by atoms with E-state index in [0.29, 0.717) is 16.1 Å². The van der Waals surface area contributed by atoms with Crippen LogP contribution in [0.5, 0.6) is 0 Å². The molecule has 2 fully saturated rings. The smallest absolute Gasteiger partial charge is 0.267 e. The topological polar surface area (TPSA) is 65.5 Å². The van der Waals surface area contributed by atoms with Crippen LogP contribution in [-0.2, 0) is 11.2 Å². The summed E-state index contributed by atoms with van der Waals surface area (Å²) in [5.41, 5.74) is 0.907. The average molecular weight is 445 g/mol. The van der Waals surface area contributed by atoms with Crippen molar-refractivity contribution in [3.05, 3.63) is 33.0 Å². The normalized spacial score (nSPS) is 24.2. The van der Waals surface area contributed by atoms with Crippen LogP contribution in [0.15, 0.2) is 17.5 Å². The van der Waals surface area contributed by atoms with Gasteiger partial charge in [0.15, 0.2) is 5.13 Å². The molecule has 0 radical (unpaired) electrons. The predicted octanol–water partition coefficient (Wildman–Crippen LogP) is 3.96. The molecule has 1 N–H and O–H groups in total. The van der Waals surface area contributed by atoms with Crippen molar-refractivity contribution in [3.8, 4) is 0 Å². The highest BCUT2D eigenvalue weighted by Crippen LogP contribution is 2.39. The van der Waals surface area contributed by atoms with Crippen LogP contribution in [0, 0.1) is 0 Å². The number of thiophene rings is 1. The Balaban J connectivity index is 1.30. The fourth-order valence-electron chi connectivity index (χ4n) is 5.06. The number of nitrogens with zero attached hydrogens (tertiary/aromatic N) is 3. The van der Waals surface area contributed by atoms with Crippen molar-refractivity contribution < 1.29 is 9.59 Å². The highest BCUT2D eigenvalue weighted by Gasteiger charge is 2.38. The van der Waals surface area contributed by atoms with Gasteiger partial charge in [-0.3, -0.25) is 14.9 Å². The quantitative estimate of drug-likeness (QED) is 0.758. The van der Waals surface area contributed by atoms with Gasteiger partial charge in [0.25, 0.3) is 5.91 Å². The minimum Gasteiger partial charge on any atom is -0.338 e. The Morgan fingerprint density at radius 1 is 1.13 bits per heavy atom. The zero-order valence-corrected chi connectivity index (χ0v) is 18.8. The largest absolute Gasteiger partial charge is 0.338 e. The zero-order valence-electron chi connectivity index (χ0n) is 17.1. The number of carbonyl (C=O) groups excluding carboxylic acids is 2. The van der Waals surface area contributed by atoms with E-state index >= 15 is 0 Å². The number of fused-ring (bicyclic) bond motifs is 1. The first-order valence-electron chi connectivity index (χ1n) is 11.1. The summed E-state index contributed by atoms with van der Waals surface area (Å²) in [5.74, 6) is -0.0279. The van der Waals surface area contributed by atoms with Crippen molar-refractivity contribution in [1.29, 1.82) is 0 Å². The summed E-state index contributed by atoms with van der Waals surface area (Å²) in [6.45, 7) is 4.23. The van der Waals surface area contributed by atoms with Crippen LogP contribution in [0.3, 0.4) is 0 Å². The predicted molar refractivity (Wildman–Crippen MR) is 120 cm³/mol. The van der Waals surface area contributed by atoms with E-state index in [4.69, 9.17) is 4.98 Å². The monoisotopic (exact) mass is 444 g/mol. The third kappa shape index (κ3) is 4.05. The van der Waals surface area contributed by atoms with Gasteiger partial charge in [-0.2, -0.15) is 0 Å². The molecule has 8 heteroatoms. The standard InChI is InChI=1S/C22H28N4O2S2/c27-20(18-9-5-13-29-18)24-22-23-19-16(7-3-8-17(19)30-22)21(28)26-12-4-6-15(26)14-25-10-1-2-11-25/h5,9,13,15-16H,1-4,6-8,10-12,14H2,(H,23,24,27). The number of amides is 2. The number of thiazole rings is 1. The maximum absolute atomic E-state index is 13.6. The molecule has 2 aromatic rings. The molecule has 0 aromatic carbocycles. The molecule has 30 heavy (non-hydrogen) atoms. The number of likely N-dealkylation sites (tertiary alicyclic amines) is 2. The van der Waals surface area contributed by atoms with E-state index in [1.165, 1.54) is 48.6 Å². The molecule has 1 aliphatic carbocycles. The number of aromatic nitrogens is 1. The average Bonchev–Trinajstić information content (AvgIpc) is 3.54. The summed E-state index contributed by atoms with van der Waals surface area (Å²) >= 11 is 2.95. The lowest BCUT2D eigenvalue weighted by atomic mass is 9.89. The number of aryl methyl sites for hydroxylation is 1. The Labute approximate surface area is 185 Å². The maximum atomic E-state index is 13.6. The van der Waals surface area contributed by atoms with Crippen LogP contribution in [-0.4, -0.2) is 58.8 Å². The van der Waals surface area contributed by atoms with Crippen molar-refractivity contribution in [2.75, 3.05) is 31.5 Å². The van der Waals surface area contributed by atoms with Crippen molar-refractivity contribution >= 4 is 39.6 Å². The van der Waals surface area contributed by atoms with Gasteiger partial charge in [0.05, 0.1) is 16.5 Å².